The lowest BCUT2D eigenvalue weighted by atomic mass is 9.75. The topological polar surface area (TPSA) is 99.5 Å². The number of nitrogens with zero attached hydrogens (tertiary/aromatic N) is 5. The van der Waals surface area contributed by atoms with Gasteiger partial charge >= 0.3 is 6.09 Å². The molecule has 4 aromatic rings. The SMILES string of the molecule is O=C(O)N1CC2(C1)C(=O)N(Cc1ncc3cc(F)ccc3c1-c1cncnc1)c1ccccc12. The van der Waals surface area contributed by atoms with Crippen LogP contribution < -0.4 is 4.90 Å². The van der Waals surface area contributed by atoms with Gasteiger partial charge in [-0.05, 0) is 29.1 Å². The van der Waals surface area contributed by atoms with E-state index in [1.807, 2.05) is 24.3 Å². The minimum absolute atomic E-state index is 0.124. The molecule has 6 rings (SSSR count). The molecule has 2 aliphatic rings. The number of para-hydroxylation sites is 1. The molecule has 4 heterocycles. The third kappa shape index (κ3) is 2.86. The average molecular weight is 455 g/mol. The Morgan fingerprint density at radius 2 is 1.85 bits per heavy atom. The van der Waals surface area contributed by atoms with Gasteiger partial charge < -0.3 is 14.9 Å². The molecule has 0 unspecified atom stereocenters. The molecule has 1 fully saturated rings. The van der Waals surface area contributed by atoms with Crippen molar-refractivity contribution in [2.24, 2.45) is 0 Å². The molecule has 0 saturated carbocycles. The van der Waals surface area contributed by atoms with Crippen LogP contribution in [0.1, 0.15) is 11.3 Å². The number of carboxylic acid groups (broad SMARTS) is 1. The Balaban J connectivity index is 1.47. The number of hydrogen-bond donors (Lipinski definition) is 1. The van der Waals surface area contributed by atoms with Gasteiger partial charge in [0.05, 0.1) is 12.2 Å². The van der Waals surface area contributed by atoms with Crippen LogP contribution >= 0.6 is 0 Å². The zero-order valence-electron chi connectivity index (χ0n) is 17.8. The summed E-state index contributed by atoms with van der Waals surface area (Å²) in [6.07, 6.45) is 5.31. The van der Waals surface area contributed by atoms with Gasteiger partial charge in [-0.25, -0.2) is 19.2 Å². The zero-order valence-corrected chi connectivity index (χ0v) is 17.8. The summed E-state index contributed by atoms with van der Waals surface area (Å²) in [5, 5.41) is 10.7. The fraction of sp³-hybridized carbons (Fsp3) is 0.160. The quantitative estimate of drug-likeness (QED) is 0.507. The Morgan fingerprint density at radius 1 is 1.09 bits per heavy atom. The summed E-state index contributed by atoms with van der Waals surface area (Å²) in [5.74, 6) is -0.515. The number of hydrogen-bond acceptors (Lipinski definition) is 5. The van der Waals surface area contributed by atoms with Gasteiger partial charge in [0.1, 0.15) is 17.6 Å². The number of anilines is 1. The number of benzene rings is 2. The molecular weight excluding hydrogens is 437 g/mol. The molecular formula is C25H18FN5O3. The first-order chi connectivity index (χ1) is 16.5. The maximum absolute atomic E-state index is 13.9. The summed E-state index contributed by atoms with van der Waals surface area (Å²) >= 11 is 0. The molecule has 2 aliphatic heterocycles. The summed E-state index contributed by atoms with van der Waals surface area (Å²) in [4.78, 5) is 40.9. The van der Waals surface area contributed by atoms with Crippen LogP contribution in [0.2, 0.25) is 0 Å². The smallest absolute Gasteiger partial charge is 0.407 e. The van der Waals surface area contributed by atoms with Crippen molar-refractivity contribution in [3.63, 3.8) is 0 Å². The first-order valence-corrected chi connectivity index (χ1v) is 10.7. The van der Waals surface area contributed by atoms with Crippen LogP contribution in [0.3, 0.4) is 0 Å². The van der Waals surface area contributed by atoms with Crippen LogP contribution in [0, 0.1) is 5.82 Å². The lowest BCUT2D eigenvalue weighted by molar-refractivity contribution is -0.128. The Labute approximate surface area is 193 Å². The minimum Gasteiger partial charge on any atom is -0.465 e. The molecule has 2 aromatic carbocycles. The van der Waals surface area contributed by atoms with Gasteiger partial charge in [0.25, 0.3) is 0 Å². The fourth-order valence-corrected chi connectivity index (χ4v) is 5.06. The second kappa shape index (κ2) is 7.31. The van der Waals surface area contributed by atoms with Crippen LogP contribution in [0.25, 0.3) is 21.9 Å². The Morgan fingerprint density at radius 3 is 2.62 bits per heavy atom. The fourth-order valence-electron chi connectivity index (χ4n) is 5.06. The van der Waals surface area contributed by atoms with Crippen molar-refractivity contribution < 1.29 is 19.1 Å². The molecule has 1 N–H and O–H groups in total. The highest BCUT2D eigenvalue weighted by Gasteiger charge is 2.59. The van der Waals surface area contributed by atoms with Crippen LogP contribution in [0.15, 0.2) is 67.4 Å². The van der Waals surface area contributed by atoms with Gasteiger partial charge in [0.2, 0.25) is 5.91 Å². The van der Waals surface area contributed by atoms with Gasteiger partial charge in [-0.15, -0.1) is 0 Å². The molecule has 168 valence electrons. The second-order valence-electron chi connectivity index (χ2n) is 8.57. The molecule has 1 saturated heterocycles. The molecule has 2 aromatic heterocycles. The van der Waals surface area contributed by atoms with E-state index in [4.69, 9.17) is 0 Å². The molecule has 8 nitrogen and oxygen atoms in total. The predicted molar refractivity (Wildman–Crippen MR) is 122 cm³/mol. The van der Waals surface area contributed by atoms with E-state index in [2.05, 4.69) is 15.0 Å². The molecule has 0 radical (unpaired) electrons. The van der Waals surface area contributed by atoms with E-state index < -0.39 is 11.5 Å². The van der Waals surface area contributed by atoms with Crippen molar-refractivity contribution in [1.29, 1.82) is 0 Å². The van der Waals surface area contributed by atoms with Crippen LogP contribution in [0.5, 0.6) is 0 Å². The maximum atomic E-state index is 13.9. The number of fused-ring (bicyclic) bond motifs is 3. The minimum atomic E-state index is -1.04. The summed E-state index contributed by atoms with van der Waals surface area (Å²) in [6.45, 7) is 0.416. The molecule has 34 heavy (non-hydrogen) atoms. The van der Waals surface area contributed by atoms with Crippen molar-refractivity contribution in [2.75, 3.05) is 18.0 Å². The van der Waals surface area contributed by atoms with E-state index in [1.54, 1.807) is 29.6 Å². The molecule has 9 heteroatoms. The van der Waals surface area contributed by atoms with Crippen LogP contribution in [-0.4, -0.2) is 50.0 Å². The molecule has 1 spiro atoms. The number of amides is 2. The maximum Gasteiger partial charge on any atom is 0.407 e. The van der Waals surface area contributed by atoms with Gasteiger partial charge in [-0.2, -0.15) is 0 Å². The summed E-state index contributed by atoms with van der Waals surface area (Å²) in [5.41, 5.74) is 2.73. The number of carbonyl (C=O) groups excluding carboxylic acids is 1. The summed E-state index contributed by atoms with van der Waals surface area (Å²) in [7, 11) is 0. The number of halogens is 1. The number of rotatable bonds is 3. The van der Waals surface area contributed by atoms with E-state index >= 15 is 0 Å². The molecule has 0 aliphatic carbocycles. The third-order valence-electron chi connectivity index (χ3n) is 6.65. The van der Waals surface area contributed by atoms with Gasteiger partial charge in [0, 0.05) is 53.9 Å². The summed E-state index contributed by atoms with van der Waals surface area (Å²) < 4.78 is 13.9. The van der Waals surface area contributed by atoms with Crippen molar-refractivity contribution in [2.45, 2.75) is 12.0 Å². The van der Waals surface area contributed by atoms with Crippen molar-refractivity contribution in [3.8, 4) is 11.1 Å². The first kappa shape index (κ1) is 20.2. The zero-order chi connectivity index (χ0) is 23.4. The lowest BCUT2D eigenvalue weighted by Crippen LogP contribution is -2.65. The highest BCUT2D eigenvalue weighted by atomic mass is 19.1. The largest absolute Gasteiger partial charge is 0.465 e. The highest BCUT2D eigenvalue weighted by molar-refractivity contribution is 6.10. The van der Waals surface area contributed by atoms with E-state index in [-0.39, 0.29) is 31.4 Å². The van der Waals surface area contributed by atoms with Crippen molar-refractivity contribution in [1.82, 2.24) is 19.9 Å². The molecule has 2 amide bonds. The monoisotopic (exact) mass is 455 g/mol. The third-order valence-corrected chi connectivity index (χ3v) is 6.65. The predicted octanol–water partition coefficient (Wildman–Crippen LogP) is 3.61. The highest BCUT2D eigenvalue weighted by Crippen LogP contribution is 2.48. The van der Waals surface area contributed by atoms with Crippen LogP contribution in [0.4, 0.5) is 14.9 Å². The average Bonchev–Trinajstić information content (AvgIpc) is 3.06. The lowest BCUT2D eigenvalue weighted by Gasteiger charge is -2.45. The first-order valence-electron chi connectivity index (χ1n) is 10.7. The van der Waals surface area contributed by atoms with Gasteiger partial charge in [0.15, 0.2) is 0 Å². The Bertz CT molecular complexity index is 1470. The standard InChI is InChI=1S/C25H18FN5O3/c26-17-5-6-18-15(7-17)10-29-20(22(18)16-8-27-14-28-9-16)11-31-21-4-2-1-3-19(21)25(23(31)32)12-30(13-25)24(33)34/h1-10,14H,11-13H2,(H,33,34). The van der Waals surface area contributed by atoms with Gasteiger partial charge in [-0.3, -0.25) is 9.78 Å². The Hall–Kier alpha value is -4.40. The Kier molecular flexibility index (Phi) is 4.35. The molecule has 0 bridgehead atoms. The summed E-state index contributed by atoms with van der Waals surface area (Å²) in [6, 6.07) is 12.0. The van der Waals surface area contributed by atoms with Gasteiger partial charge in [-0.1, -0.05) is 24.3 Å². The number of likely N-dealkylation sites (tertiary alicyclic amines) is 1. The molecule has 0 atom stereocenters. The van der Waals surface area contributed by atoms with E-state index in [1.165, 1.54) is 23.4 Å². The van der Waals surface area contributed by atoms with E-state index in [9.17, 15) is 19.1 Å². The van der Waals surface area contributed by atoms with E-state index in [0.717, 1.165) is 22.2 Å². The number of aromatic nitrogens is 3. The van der Waals surface area contributed by atoms with E-state index in [0.29, 0.717) is 16.6 Å². The van der Waals surface area contributed by atoms with Crippen molar-refractivity contribution >= 4 is 28.5 Å². The number of pyridine rings is 1. The number of carbonyl (C=O) groups is 2. The second-order valence-corrected chi connectivity index (χ2v) is 8.57. The van der Waals surface area contributed by atoms with Crippen molar-refractivity contribution in [3.05, 3.63) is 84.5 Å². The van der Waals surface area contributed by atoms with Crippen LogP contribution in [-0.2, 0) is 16.8 Å². The normalized spacial score (nSPS) is 16.1.